The molecule has 8 aromatic rings. The summed E-state index contributed by atoms with van der Waals surface area (Å²) >= 11 is 5.79. The summed E-state index contributed by atoms with van der Waals surface area (Å²) < 4.78 is 51.4. The number of methoxy groups -OCH3 is 4. The van der Waals surface area contributed by atoms with E-state index in [-0.39, 0.29) is 109 Å². The van der Waals surface area contributed by atoms with Gasteiger partial charge in [0.25, 0.3) is 10.1 Å². The number of phenolic OH excluding ortho intramolecular Hbond substituents is 6. The van der Waals surface area contributed by atoms with Crippen molar-refractivity contribution in [2.24, 2.45) is 0 Å². The van der Waals surface area contributed by atoms with E-state index < -0.39 is 38.1 Å². The number of rotatable bonds is 13. The SMILES string of the molecule is COc1cc(O)c(C(=O)c2ccccc2)cc1S(=O)(=O)O.COc1ccc(C(=O)c2ccc(OC)cc2O)c(O)c1.COc1ccc(C(=O)c2ccccc2O)c(O)c1.O=C(c1ccccc1)c1cc(Cl)ccc1O.[NaH]. The van der Waals surface area contributed by atoms with Crippen molar-refractivity contribution in [2.75, 3.05) is 28.4 Å². The number of benzene rings is 8. The molecule has 0 saturated heterocycles. The molecule has 0 aromatic heterocycles. The van der Waals surface area contributed by atoms with Crippen LogP contribution in [0, 0.1) is 0 Å². The second-order valence-electron chi connectivity index (χ2n) is 15.4. The van der Waals surface area contributed by atoms with Crippen molar-refractivity contribution in [1.29, 1.82) is 0 Å². The van der Waals surface area contributed by atoms with Gasteiger partial charge in [0.2, 0.25) is 0 Å². The second kappa shape index (κ2) is 27.8. The van der Waals surface area contributed by atoms with Crippen molar-refractivity contribution in [1.82, 2.24) is 0 Å². The van der Waals surface area contributed by atoms with Crippen molar-refractivity contribution in [3.8, 4) is 57.5 Å². The molecule has 0 heterocycles. The molecule has 0 atom stereocenters. The van der Waals surface area contributed by atoms with Gasteiger partial charge < -0.3 is 49.6 Å². The Morgan fingerprint density at radius 2 is 0.737 bits per heavy atom. The normalized spacial score (nSPS) is 10.2. The Morgan fingerprint density at radius 1 is 0.382 bits per heavy atom. The Labute approximate surface area is 463 Å². The number of halogens is 1. The minimum atomic E-state index is -4.59. The van der Waals surface area contributed by atoms with Gasteiger partial charge in [0.1, 0.15) is 62.4 Å². The van der Waals surface area contributed by atoms with E-state index in [9.17, 15) is 58.2 Å². The molecule has 0 radical (unpaired) electrons. The zero-order chi connectivity index (χ0) is 55.0. The molecule has 0 aliphatic carbocycles. The zero-order valence-electron chi connectivity index (χ0n) is 40.2. The van der Waals surface area contributed by atoms with Gasteiger partial charge in [-0.1, -0.05) is 84.4 Å². The molecule has 17 nitrogen and oxygen atoms in total. The van der Waals surface area contributed by atoms with Crippen LogP contribution in [0.5, 0.6) is 57.5 Å². The number of ether oxygens (including phenoxy) is 4. The predicted molar refractivity (Wildman–Crippen MR) is 283 cm³/mol. The molecule has 0 saturated carbocycles. The van der Waals surface area contributed by atoms with E-state index in [1.165, 1.54) is 101 Å². The molecular weight excluding hydrogens is 1040 g/mol. The Hall–Kier alpha value is -8.36. The molecule has 7 N–H and O–H groups in total. The summed E-state index contributed by atoms with van der Waals surface area (Å²) in [4.78, 5) is 48.1. The van der Waals surface area contributed by atoms with Crippen LogP contribution in [0.25, 0.3) is 0 Å². The van der Waals surface area contributed by atoms with Crippen molar-refractivity contribution in [2.45, 2.75) is 4.90 Å². The molecule has 20 heteroatoms. The average molecular weight is 1080 g/mol. The van der Waals surface area contributed by atoms with Gasteiger partial charge in [0.15, 0.2) is 23.1 Å². The standard InChI is InChI=1S/C15H14O5.C14H12O6S.C14H12O4.C13H9ClO2.Na.H/c1-19-9-3-5-11(13(16)7-9)15(18)12-6-4-10(20-2)8-14(12)17;1-20-12-8-11(15)10(7-13(12)21(17,18)19)14(16)9-5-3-2-4-6-9;1-18-9-6-7-11(13(16)8-9)14(17)10-4-2-3-5-12(10)15;14-10-6-7-12(15)11(8-10)13(16)9-4-2-1-3-5-9;;/h3-8,16-17H,1-2H3;2-8,15H,1H3,(H,17,18,19);2-8,15-16H,1H3;1-8,15H;;. The Morgan fingerprint density at radius 3 is 1.11 bits per heavy atom. The third kappa shape index (κ3) is 15.6. The first-order chi connectivity index (χ1) is 35.7. The number of carbonyl (C=O) groups excluding carboxylic acids is 4. The number of aromatic hydroxyl groups is 6. The Bertz CT molecular complexity index is 3410. The maximum atomic E-state index is 12.3. The van der Waals surface area contributed by atoms with Gasteiger partial charge in [0.05, 0.1) is 61.8 Å². The number of para-hydroxylation sites is 1. The van der Waals surface area contributed by atoms with Gasteiger partial charge >= 0.3 is 29.6 Å². The summed E-state index contributed by atoms with van der Waals surface area (Å²) in [6.07, 6.45) is 0. The van der Waals surface area contributed by atoms with E-state index in [0.717, 1.165) is 12.1 Å². The summed E-state index contributed by atoms with van der Waals surface area (Å²) in [6.45, 7) is 0. The first-order valence-corrected chi connectivity index (χ1v) is 23.6. The van der Waals surface area contributed by atoms with Crippen LogP contribution in [-0.2, 0) is 10.1 Å². The van der Waals surface area contributed by atoms with E-state index in [0.29, 0.717) is 27.8 Å². The van der Waals surface area contributed by atoms with Gasteiger partial charge in [-0.05, 0) is 72.8 Å². The number of hydrogen-bond acceptors (Lipinski definition) is 16. The van der Waals surface area contributed by atoms with E-state index in [1.54, 1.807) is 78.9 Å². The quantitative estimate of drug-likeness (QED) is 0.0322. The summed E-state index contributed by atoms with van der Waals surface area (Å²) in [5.74, 6) is -1.82. The molecule has 8 aromatic carbocycles. The molecular formula is C56H48ClNaO17S. The molecule has 0 aliphatic heterocycles. The van der Waals surface area contributed by atoms with Crippen molar-refractivity contribution in [3.63, 3.8) is 0 Å². The Kier molecular flexibility index (Phi) is 22.0. The van der Waals surface area contributed by atoms with Crippen LogP contribution in [0.2, 0.25) is 5.02 Å². The van der Waals surface area contributed by atoms with Crippen molar-refractivity contribution >= 4 is 74.4 Å². The maximum absolute atomic E-state index is 12.3. The van der Waals surface area contributed by atoms with Crippen LogP contribution in [0.1, 0.15) is 63.7 Å². The molecule has 388 valence electrons. The fourth-order valence-electron chi connectivity index (χ4n) is 6.72. The summed E-state index contributed by atoms with van der Waals surface area (Å²) in [6, 6.07) is 42.4. The van der Waals surface area contributed by atoms with Crippen LogP contribution in [0.4, 0.5) is 0 Å². The van der Waals surface area contributed by atoms with Gasteiger partial charge in [-0.25, -0.2) is 0 Å². The molecule has 8 rings (SSSR count). The number of carbonyl (C=O) groups is 4. The summed E-state index contributed by atoms with van der Waals surface area (Å²) in [5.41, 5.74) is 1.24. The van der Waals surface area contributed by atoms with Crippen LogP contribution in [0.15, 0.2) is 175 Å². The fourth-order valence-corrected chi connectivity index (χ4v) is 7.55. The fraction of sp³-hybridized carbons (Fsp3) is 0.0714. The first-order valence-electron chi connectivity index (χ1n) is 21.8. The topological polar surface area (TPSA) is 281 Å². The number of ketones is 4. The van der Waals surface area contributed by atoms with Gasteiger partial charge in [-0.2, -0.15) is 8.42 Å². The molecule has 0 fully saturated rings. The van der Waals surface area contributed by atoms with Crippen LogP contribution >= 0.6 is 11.6 Å². The van der Waals surface area contributed by atoms with E-state index >= 15 is 0 Å². The summed E-state index contributed by atoms with van der Waals surface area (Å²) in [5, 5.41) is 58.9. The predicted octanol–water partition coefficient (Wildman–Crippen LogP) is 9.19. The van der Waals surface area contributed by atoms with Gasteiger partial charge in [-0.3, -0.25) is 23.7 Å². The summed E-state index contributed by atoms with van der Waals surface area (Å²) in [7, 11) is 0.993. The molecule has 0 aliphatic rings. The van der Waals surface area contributed by atoms with E-state index in [2.05, 4.69) is 0 Å². The van der Waals surface area contributed by atoms with Gasteiger partial charge in [0, 0.05) is 40.4 Å². The zero-order valence-corrected chi connectivity index (χ0v) is 41.7. The minimum absolute atomic E-state index is 0. The number of hydrogen-bond donors (Lipinski definition) is 7. The first kappa shape index (κ1) is 60.2. The van der Waals surface area contributed by atoms with Crippen molar-refractivity contribution in [3.05, 3.63) is 219 Å². The van der Waals surface area contributed by atoms with Crippen LogP contribution < -0.4 is 18.9 Å². The molecule has 76 heavy (non-hydrogen) atoms. The van der Waals surface area contributed by atoms with E-state index in [4.69, 9.17) is 35.1 Å². The number of phenols is 6. The van der Waals surface area contributed by atoms with E-state index in [1.807, 2.05) is 6.07 Å². The molecule has 0 bridgehead atoms. The third-order valence-corrected chi connectivity index (χ3v) is 11.7. The van der Waals surface area contributed by atoms with Crippen molar-refractivity contribution < 1.29 is 81.7 Å². The molecule has 0 unspecified atom stereocenters. The second-order valence-corrected chi connectivity index (χ2v) is 17.2. The molecule has 0 spiro atoms. The Balaban J connectivity index is 0.000000219. The third-order valence-electron chi connectivity index (χ3n) is 10.6. The van der Waals surface area contributed by atoms with Crippen LogP contribution in [-0.4, -0.2) is 125 Å². The monoisotopic (exact) mass is 1080 g/mol. The average Bonchev–Trinajstić information content (AvgIpc) is 3.41. The van der Waals surface area contributed by atoms with Gasteiger partial charge in [-0.15, -0.1) is 0 Å². The van der Waals surface area contributed by atoms with Crippen LogP contribution in [0.3, 0.4) is 0 Å². The molecule has 0 amide bonds.